The van der Waals surface area contributed by atoms with E-state index in [1.807, 2.05) is 0 Å². The maximum absolute atomic E-state index is 11.3. The monoisotopic (exact) mass is 304 g/mol. The number of hydrogen-bond acceptors (Lipinski definition) is 3. The van der Waals surface area contributed by atoms with Crippen LogP contribution in [0.1, 0.15) is 30.7 Å². The lowest BCUT2D eigenvalue weighted by atomic mass is 9.94. The summed E-state index contributed by atoms with van der Waals surface area (Å²) in [7, 11) is -3.25. The van der Waals surface area contributed by atoms with E-state index in [1.54, 1.807) is 12.1 Å². The second kappa shape index (κ2) is 6.91. The first-order valence-corrected chi connectivity index (χ1v) is 8.37. The Labute approximate surface area is 118 Å². The van der Waals surface area contributed by atoms with Crippen molar-refractivity contribution in [3.05, 3.63) is 29.8 Å². The first kappa shape index (κ1) is 16.0. The molecule has 0 aliphatic heterocycles. The summed E-state index contributed by atoms with van der Waals surface area (Å²) in [6.45, 7) is 0. The lowest BCUT2D eigenvalue weighted by Crippen LogP contribution is -2.12. The molecule has 0 aliphatic rings. The third-order valence-electron chi connectivity index (χ3n) is 2.89. The molecule has 0 aromatic heterocycles. The minimum Gasteiger partial charge on any atom is -0.481 e. The van der Waals surface area contributed by atoms with E-state index >= 15 is 0 Å². The van der Waals surface area contributed by atoms with E-state index in [9.17, 15) is 18.3 Å². The van der Waals surface area contributed by atoms with E-state index in [0.717, 1.165) is 19.1 Å². The molecular weight excluding hydrogens is 288 g/mol. The summed E-state index contributed by atoms with van der Waals surface area (Å²) in [4.78, 5) is 11.4. The third-order valence-corrected chi connectivity index (χ3v) is 4.28. The van der Waals surface area contributed by atoms with Gasteiger partial charge in [0, 0.05) is 12.1 Å². The van der Waals surface area contributed by atoms with E-state index in [-0.39, 0.29) is 4.90 Å². The number of sulfone groups is 1. The molecule has 0 spiro atoms. The van der Waals surface area contributed by atoms with Gasteiger partial charge in [0.1, 0.15) is 0 Å². The molecule has 1 rings (SSSR count). The average Bonchev–Trinajstić information content (AvgIpc) is 2.33. The van der Waals surface area contributed by atoms with Gasteiger partial charge in [0.2, 0.25) is 0 Å². The van der Waals surface area contributed by atoms with Crippen LogP contribution < -0.4 is 0 Å². The number of carboxylic acid groups (broad SMARTS) is 1. The molecule has 0 fully saturated rings. The zero-order chi connectivity index (χ0) is 14.5. The Bertz CT molecular complexity index is 522. The van der Waals surface area contributed by atoms with Gasteiger partial charge in [0.25, 0.3) is 0 Å². The van der Waals surface area contributed by atoms with Gasteiger partial charge in [0.05, 0.1) is 10.8 Å². The maximum Gasteiger partial charge on any atom is 0.310 e. The molecule has 0 amide bonds. The van der Waals surface area contributed by atoms with Gasteiger partial charge in [-0.25, -0.2) is 8.42 Å². The molecule has 0 radical (unpaired) electrons. The molecule has 6 heteroatoms. The van der Waals surface area contributed by atoms with Gasteiger partial charge >= 0.3 is 5.97 Å². The molecule has 0 aliphatic carbocycles. The Morgan fingerprint density at radius 2 is 1.84 bits per heavy atom. The minimum absolute atomic E-state index is 0.196. The first-order valence-electron chi connectivity index (χ1n) is 5.95. The van der Waals surface area contributed by atoms with Crippen LogP contribution in [0.4, 0.5) is 0 Å². The van der Waals surface area contributed by atoms with Crippen molar-refractivity contribution in [3.63, 3.8) is 0 Å². The number of rotatable bonds is 7. The van der Waals surface area contributed by atoms with Crippen LogP contribution in [0.5, 0.6) is 0 Å². The van der Waals surface area contributed by atoms with Crippen LogP contribution in [0.2, 0.25) is 0 Å². The summed E-state index contributed by atoms with van der Waals surface area (Å²) in [6.07, 6.45) is 3.12. The van der Waals surface area contributed by atoms with Gasteiger partial charge < -0.3 is 5.11 Å². The quantitative estimate of drug-likeness (QED) is 0.621. The molecule has 1 aromatic carbocycles. The smallest absolute Gasteiger partial charge is 0.310 e. The first-order chi connectivity index (χ1) is 8.86. The SMILES string of the molecule is CS(=O)(=O)c1ccc(C(CCCCCl)C(=O)O)cc1. The number of benzene rings is 1. The van der Waals surface area contributed by atoms with Gasteiger partial charge in [-0.1, -0.05) is 18.6 Å². The largest absolute Gasteiger partial charge is 0.481 e. The van der Waals surface area contributed by atoms with Crippen molar-refractivity contribution < 1.29 is 18.3 Å². The molecule has 0 bridgehead atoms. The van der Waals surface area contributed by atoms with Gasteiger partial charge in [-0.2, -0.15) is 0 Å². The number of alkyl halides is 1. The Morgan fingerprint density at radius 3 is 2.26 bits per heavy atom. The summed E-state index contributed by atoms with van der Waals surface area (Å²) in [5, 5.41) is 9.20. The van der Waals surface area contributed by atoms with Gasteiger partial charge in [0.15, 0.2) is 9.84 Å². The Morgan fingerprint density at radius 1 is 1.26 bits per heavy atom. The molecule has 1 atom stereocenters. The number of hydrogen-bond donors (Lipinski definition) is 1. The van der Waals surface area contributed by atoms with Crippen LogP contribution in [0, 0.1) is 0 Å². The summed E-state index contributed by atoms with van der Waals surface area (Å²) in [5.41, 5.74) is 0.620. The van der Waals surface area contributed by atoms with Crippen LogP contribution >= 0.6 is 11.6 Å². The predicted octanol–water partition coefficient (Wildman–Crippen LogP) is 2.67. The summed E-state index contributed by atoms with van der Waals surface area (Å²) in [6, 6.07) is 6.02. The van der Waals surface area contributed by atoms with Crippen LogP contribution in [0.3, 0.4) is 0 Å². The highest BCUT2D eigenvalue weighted by atomic mass is 35.5. The van der Waals surface area contributed by atoms with Crippen molar-refractivity contribution in [1.82, 2.24) is 0 Å². The van der Waals surface area contributed by atoms with Gasteiger partial charge in [-0.05, 0) is 30.5 Å². The lowest BCUT2D eigenvalue weighted by molar-refractivity contribution is -0.139. The molecule has 0 saturated carbocycles. The van der Waals surface area contributed by atoms with E-state index < -0.39 is 21.7 Å². The highest BCUT2D eigenvalue weighted by molar-refractivity contribution is 7.90. The van der Waals surface area contributed by atoms with Crippen LogP contribution in [-0.2, 0) is 14.6 Å². The molecule has 0 saturated heterocycles. The Kier molecular flexibility index (Phi) is 5.82. The number of aliphatic carboxylic acids is 1. The van der Waals surface area contributed by atoms with Crippen molar-refractivity contribution >= 4 is 27.4 Å². The second-order valence-corrected chi connectivity index (χ2v) is 6.81. The highest BCUT2D eigenvalue weighted by Gasteiger charge is 2.19. The number of carbonyl (C=O) groups is 1. The molecule has 0 heterocycles. The highest BCUT2D eigenvalue weighted by Crippen LogP contribution is 2.24. The van der Waals surface area contributed by atoms with Crippen molar-refractivity contribution in [2.75, 3.05) is 12.1 Å². The van der Waals surface area contributed by atoms with E-state index in [2.05, 4.69) is 0 Å². The molecule has 1 aromatic rings. The fourth-order valence-electron chi connectivity index (χ4n) is 1.82. The van der Waals surface area contributed by atoms with Crippen LogP contribution in [0.15, 0.2) is 29.2 Å². The minimum atomic E-state index is -3.25. The topological polar surface area (TPSA) is 71.4 Å². The van der Waals surface area contributed by atoms with Crippen molar-refractivity contribution in [1.29, 1.82) is 0 Å². The standard InChI is InChI=1S/C13H17ClO4S/c1-19(17,18)11-7-5-10(6-8-11)12(13(15)16)4-2-3-9-14/h5-8,12H,2-4,9H2,1H3,(H,15,16). The van der Waals surface area contributed by atoms with Crippen molar-refractivity contribution in [3.8, 4) is 0 Å². The Hall–Kier alpha value is -1.07. The fraction of sp³-hybridized carbons (Fsp3) is 0.462. The normalized spacial score (nSPS) is 13.2. The summed E-state index contributed by atoms with van der Waals surface area (Å²) in [5.74, 6) is -1.00. The summed E-state index contributed by atoms with van der Waals surface area (Å²) < 4.78 is 22.7. The molecule has 4 nitrogen and oxygen atoms in total. The zero-order valence-electron chi connectivity index (χ0n) is 10.7. The molecule has 1 N–H and O–H groups in total. The van der Waals surface area contributed by atoms with E-state index in [4.69, 9.17) is 11.6 Å². The molecule has 1 unspecified atom stereocenters. The Balaban J connectivity index is 2.89. The second-order valence-electron chi connectivity index (χ2n) is 4.42. The number of carboxylic acids is 1. The number of unbranched alkanes of at least 4 members (excludes halogenated alkanes) is 1. The maximum atomic E-state index is 11.3. The predicted molar refractivity (Wildman–Crippen MR) is 74.5 cm³/mol. The third kappa shape index (κ3) is 4.84. The van der Waals surface area contributed by atoms with E-state index in [1.165, 1.54) is 12.1 Å². The molecule has 106 valence electrons. The van der Waals surface area contributed by atoms with Gasteiger partial charge in [-0.3, -0.25) is 4.79 Å². The van der Waals surface area contributed by atoms with Crippen LogP contribution in [-0.4, -0.2) is 31.6 Å². The van der Waals surface area contributed by atoms with E-state index in [0.29, 0.717) is 17.9 Å². The van der Waals surface area contributed by atoms with Crippen LogP contribution in [0.25, 0.3) is 0 Å². The van der Waals surface area contributed by atoms with Gasteiger partial charge in [-0.15, -0.1) is 11.6 Å². The fourth-order valence-corrected chi connectivity index (χ4v) is 2.64. The lowest BCUT2D eigenvalue weighted by Gasteiger charge is -2.12. The summed E-state index contributed by atoms with van der Waals surface area (Å²) >= 11 is 5.57. The van der Waals surface area contributed by atoms with Crippen molar-refractivity contribution in [2.24, 2.45) is 0 Å². The molecular formula is C13H17ClO4S. The number of halogens is 1. The van der Waals surface area contributed by atoms with Crippen molar-refractivity contribution in [2.45, 2.75) is 30.1 Å². The molecule has 19 heavy (non-hydrogen) atoms. The zero-order valence-corrected chi connectivity index (χ0v) is 12.2. The average molecular weight is 305 g/mol.